The summed E-state index contributed by atoms with van der Waals surface area (Å²) in [5.41, 5.74) is 0. The standard InChI is InChI=1S/C12H19N3/c1-9-3-4-11(10(2)7-9)15-12-5-6-13-8-14-12/h5-6,8-11H,3-4,7H2,1-2H3,(H,13,14,15). The Labute approximate surface area is 91.3 Å². The van der Waals surface area contributed by atoms with E-state index in [2.05, 4.69) is 29.1 Å². The largest absolute Gasteiger partial charge is 0.367 e. The summed E-state index contributed by atoms with van der Waals surface area (Å²) in [6.45, 7) is 4.67. The highest BCUT2D eigenvalue weighted by atomic mass is 15.0. The summed E-state index contributed by atoms with van der Waals surface area (Å²) >= 11 is 0. The Morgan fingerprint density at radius 3 is 2.87 bits per heavy atom. The van der Waals surface area contributed by atoms with E-state index in [9.17, 15) is 0 Å². The van der Waals surface area contributed by atoms with Crippen molar-refractivity contribution >= 4 is 5.82 Å². The van der Waals surface area contributed by atoms with Crippen LogP contribution in [0.15, 0.2) is 18.6 Å². The Balaban J connectivity index is 1.95. The van der Waals surface area contributed by atoms with Gasteiger partial charge in [0.15, 0.2) is 0 Å². The number of rotatable bonds is 2. The fourth-order valence-corrected chi connectivity index (χ4v) is 2.45. The fraction of sp³-hybridized carbons (Fsp3) is 0.667. The molecule has 0 saturated heterocycles. The normalized spacial score (nSPS) is 31.2. The van der Waals surface area contributed by atoms with E-state index in [0.717, 1.165) is 17.7 Å². The Kier molecular flexibility index (Phi) is 3.19. The molecule has 1 saturated carbocycles. The number of nitrogens with zero attached hydrogens (tertiary/aromatic N) is 2. The maximum Gasteiger partial charge on any atom is 0.129 e. The van der Waals surface area contributed by atoms with Gasteiger partial charge in [-0.2, -0.15) is 0 Å². The molecule has 1 aromatic rings. The van der Waals surface area contributed by atoms with Gasteiger partial charge in [-0.25, -0.2) is 9.97 Å². The molecule has 0 bridgehead atoms. The zero-order valence-electron chi connectivity index (χ0n) is 9.48. The lowest BCUT2D eigenvalue weighted by Crippen LogP contribution is -2.33. The van der Waals surface area contributed by atoms with Gasteiger partial charge in [-0.05, 0) is 37.2 Å². The van der Waals surface area contributed by atoms with Crippen LogP contribution in [0, 0.1) is 11.8 Å². The molecule has 3 atom stereocenters. The molecule has 3 nitrogen and oxygen atoms in total. The van der Waals surface area contributed by atoms with Gasteiger partial charge in [0.2, 0.25) is 0 Å². The van der Waals surface area contributed by atoms with Crippen molar-refractivity contribution in [3.63, 3.8) is 0 Å². The molecule has 1 fully saturated rings. The minimum absolute atomic E-state index is 0.580. The van der Waals surface area contributed by atoms with Crippen molar-refractivity contribution in [3.05, 3.63) is 18.6 Å². The number of hydrogen-bond acceptors (Lipinski definition) is 3. The SMILES string of the molecule is CC1CCC(Nc2ccncn2)C(C)C1. The van der Waals surface area contributed by atoms with Gasteiger partial charge in [-0.15, -0.1) is 0 Å². The van der Waals surface area contributed by atoms with Gasteiger partial charge in [0, 0.05) is 12.2 Å². The third kappa shape index (κ3) is 2.67. The molecule has 1 aliphatic rings. The molecule has 3 unspecified atom stereocenters. The number of hydrogen-bond donors (Lipinski definition) is 1. The predicted octanol–water partition coefficient (Wildman–Crippen LogP) is 2.71. The van der Waals surface area contributed by atoms with Crippen molar-refractivity contribution < 1.29 is 0 Å². The second kappa shape index (κ2) is 4.60. The number of nitrogens with one attached hydrogen (secondary N) is 1. The van der Waals surface area contributed by atoms with Gasteiger partial charge < -0.3 is 5.32 Å². The van der Waals surface area contributed by atoms with Crippen LogP contribution in [0.2, 0.25) is 0 Å². The summed E-state index contributed by atoms with van der Waals surface area (Å²) in [4.78, 5) is 8.12. The fourth-order valence-electron chi connectivity index (χ4n) is 2.45. The van der Waals surface area contributed by atoms with Crippen LogP contribution < -0.4 is 5.32 Å². The maximum atomic E-state index is 4.20. The van der Waals surface area contributed by atoms with Crippen molar-refractivity contribution in [2.45, 2.75) is 39.2 Å². The molecule has 1 heterocycles. The van der Waals surface area contributed by atoms with Gasteiger partial charge in [0.1, 0.15) is 12.1 Å². The topological polar surface area (TPSA) is 37.8 Å². The van der Waals surface area contributed by atoms with E-state index in [1.54, 1.807) is 12.5 Å². The first kappa shape index (κ1) is 10.4. The molecule has 1 aliphatic carbocycles. The van der Waals surface area contributed by atoms with Crippen LogP contribution in [0.5, 0.6) is 0 Å². The first-order valence-electron chi connectivity index (χ1n) is 5.78. The minimum atomic E-state index is 0.580. The number of anilines is 1. The molecule has 82 valence electrons. The highest BCUT2D eigenvalue weighted by molar-refractivity contribution is 5.33. The van der Waals surface area contributed by atoms with Gasteiger partial charge >= 0.3 is 0 Å². The van der Waals surface area contributed by atoms with Gasteiger partial charge in [0.05, 0.1) is 0 Å². The molecule has 2 rings (SSSR count). The Bertz CT molecular complexity index is 299. The number of aromatic nitrogens is 2. The first-order valence-corrected chi connectivity index (χ1v) is 5.78. The quantitative estimate of drug-likeness (QED) is 0.806. The van der Waals surface area contributed by atoms with Gasteiger partial charge in [-0.1, -0.05) is 13.8 Å². The van der Waals surface area contributed by atoms with E-state index in [-0.39, 0.29) is 0 Å². The second-order valence-electron chi connectivity index (χ2n) is 4.74. The highest BCUT2D eigenvalue weighted by Gasteiger charge is 2.25. The van der Waals surface area contributed by atoms with E-state index in [1.807, 2.05) is 6.07 Å². The van der Waals surface area contributed by atoms with Gasteiger partial charge in [0.25, 0.3) is 0 Å². The lowest BCUT2D eigenvalue weighted by atomic mass is 9.80. The zero-order valence-corrected chi connectivity index (χ0v) is 9.48. The molecule has 1 N–H and O–H groups in total. The zero-order chi connectivity index (χ0) is 10.7. The van der Waals surface area contributed by atoms with Crippen molar-refractivity contribution in [2.24, 2.45) is 11.8 Å². The highest BCUT2D eigenvalue weighted by Crippen LogP contribution is 2.30. The monoisotopic (exact) mass is 205 g/mol. The van der Waals surface area contributed by atoms with Crippen LogP contribution in [0.3, 0.4) is 0 Å². The molecule has 0 radical (unpaired) electrons. The average molecular weight is 205 g/mol. The third-order valence-electron chi connectivity index (χ3n) is 3.35. The van der Waals surface area contributed by atoms with Crippen LogP contribution in [0.25, 0.3) is 0 Å². The summed E-state index contributed by atoms with van der Waals surface area (Å²) in [7, 11) is 0. The van der Waals surface area contributed by atoms with E-state index < -0.39 is 0 Å². The van der Waals surface area contributed by atoms with Crippen LogP contribution >= 0.6 is 0 Å². The summed E-state index contributed by atoms with van der Waals surface area (Å²) in [5.74, 6) is 2.57. The second-order valence-corrected chi connectivity index (χ2v) is 4.74. The van der Waals surface area contributed by atoms with Crippen molar-refractivity contribution in [1.29, 1.82) is 0 Å². The third-order valence-corrected chi connectivity index (χ3v) is 3.35. The molecule has 15 heavy (non-hydrogen) atoms. The van der Waals surface area contributed by atoms with Crippen LogP contribution in [0.1, 0.15) is 33.1 Å². The summed E-state index contributed by atoms with van der Waals surface area (Å²) in [6.07, 6.45) is 7.28. The van der Waals surface area contributed by atoms with Crippen molar-refractivity contribution in [2.75, 3.05) is 5.32 Å². The van der Waals surface area contributed by atoms with Crippen LogP contribution in [0.4, 0.5) is 5.82 Å². The smallest absolute Gasteiger partial charge is 0.129 e. The Morgan fingerprint density at radius 1 is 1.33 bits per heavy atom. The maximum absolute atomic E-state index is 4.20. The molecular formula is C12H19N3. The van der Waals surface area contributed by atoms with E-state index >= 15 is 0 Å². The molecule has 0 aromatic carbocycles. The average Bonchev–Trinajstić information content (AvgIpc) is 2.24. The Hall–Kier alpha value is -1.12. The molecular weight excluding hydrogens is 186 g/mol. The first-order chi connectivity index (χ1) is 7.25. The molecule has 3 heteroatoms. The van der Waals surface area contributed by atoms with Gasteiger partial charge in [-0.3, -0.25) is 0 Å². The Morgan fingerprint density at radius 2 is 2.20 bits per heavy atom. The lowest BCUT2D eigenvalue weighted by Gasteiger charge is -2.33. The summed E-state index contributed by atoms with van der Waals surface area (Å²) in [5, 5.41) is 3.50. The minimum Gasteiger partial charge on any atom is -0.367 e. The molecule has 1 aromatic heterocycles. The lowest BCUT2D eigenvalue weighted by molar-refractivity contribution is 0.276. The van der Waals surface area contributed by atoms with Crippen LogP contribution in [-0.4, -0.2) is 16.0 Å². The van der Waals surface area contributed by atoms with Crippen LogP contribution in [-0.2, 0) is 0 Å². The van der Waals surface area contributed by atoms with E-state index in [1.165, 1.54) is 19.3 Å². The summed E-state index contributed by atoms with van der Waals surface area (Å²) < 4.78 is 0. The molecule has 0 spiro atoms. The molecule has 0 aliphatic heterocycles. The van der Waals surface area contributed by atoms with E-state index in [0.29, 0.717) is 6.04 Å². The summed E-state index contributed by atoms with van der Waals surface area (Å²) in [6, 6.07) is 2.51. The predicted molar refractivity (Wildman–Crippen MR) is 61.6 cm³/mol. The van der Waals surface area contributed by atoms with Crippen molar-refractivity contribution in [1.82, 2.24) is 9.97 Å². The molecule has 0 amide bonds. The van der Waals surface area contributed by atoms with E-state index in [4.69, 9.17) is 0 Å². The van der Waals surface area contributed by atoms with Crippen molar-refractivity contribution in [3.8, 4) is 0 Å².